The molecule has 1 fully saturated rings. The van der Waals surface area contributed by atoms with E-state index in [9.17, 15) is 14.4 Å². The molecule has 0 saturated carbocycles. The Hall–Kier alpha value is -2.41. The number of carboxylic acid groups (broad SMARTS) is 1. The summed E-state index contributed by atoms with van der Waals surface area (Å²) in [6, 6.07) is 6.46. The van der Waals surface area contributed by atoms with Crippen molar-refractivity contribution in [2.24, 2.45) is 0 Å². The van der Waals surface area contributed by atoms with Crippen molar-refractivity contribution in [1.82, 2.24) is 5.32 Å². The number of amides is 2. The average molecular weight is 292 g/mol. The van der Waals surface area contributed by atoms with Crippen molar-refractivity contribution >= 4 is 23.5 Å². The lowest BCUT2D eigenvalue weighted by Gasteiger charge is -2.12. The number of ether oxygens (including phenoxy) is 1. The number of carbonyl (C=O) groups excluding carboxylic acids is 2. The number of rotatable bonds is 4. The van der Waals surface area contributed by atoms with Gasteiger partial charge in [0.1, 0.15) is 6.10 Å². The van der Waals surface area contributed by atoms with E-state index in [1.165, 1.54) is 7.05 Å². The summed E-state index contributed by atoms with van der Waals surface area (Å²) in [5.74, 6) is -1.73. The first-order valence-electron chi connectivity index (χ1n) is 6.52. The predicted molar refractivity (Wildman–Crippen MR) is 74.0 cm³/mol. The lowest BCUT2D eigenvalue weighted by molar-refractivity contribution is -0.150. The second-order valence-corrected chi connectivity index (χ2v) is 4.68. The molecule has 2 atom stereocenters. The van der Waals surface area contributed by atoms with Gasteiger partial charge in [0.15, 0.2) is 6.10 Å². The molecule has 2 amide bonds. The van der Waals surface area contributed by atoms with Gasteiger partial charge < -0.3 is 20.5 Å². The Morgan fingerprint density at radius 3 is 2.57 bits per heavy atom. The monoisotopic (exact) mass is 292 g/mol. The lowest BCUT2D eigenvalue weighted by atomic mass is 10.1. The van der Waals surface area contributed by atoms with Gasteiger partial charge in [0.25, 0.3) is 11.8 Å². The molecule has 0 aromatic heterocycles. The first kappa shape index (κ1) is 15.0. The number of hydrogen-bond donors (Lipinski definition) is 3. The van der Waals surface area contributed by atoms with Gasteiger partial charge in [-0.3, -0.25) is 9.59 Å². The number of carboxylic acids is 1. The van der Waals surface area contributed by atoms with E-state index in [0.29, 0.717) is 24.1 Å². The van der Waals surface area contributed by atoms with Crippen LogP contribution >= 0.6 is 0 Å². The van der Waals surface area contributed by atoms with Crippen LogP contribution in [-0.2, 0) is 14.3 Å². The molecule has 1 aromatic rings. The van der Waals surface area contributed by atoms with Gasteiger partial charge >= 0.3 is 5.97 Å². The highest BCUT2D eigenvalue weighted by Gasteiger charge is 2.34. The minimum absolute atomic E-state index is 0.255. The van der Waals surface area contributed by atoms with E-state index >= 15 is 0 Å². The van der Waals surface area contributed by atoms with Crippen LogP contribution in [0.3, 0.4) is 0 Å². The van der Waals surface area contributed by atoms with Crippen LogP contribution < -0.4 is 10.6 Å². The molecule has 1 aliphatic rings. The van der Waals surface area contributed by atoms with Gasteiger partial charge in [0, 0.05) is 18.3 Å². The Labute approximate surface area is 121 Å². The van der Waals surface area contributed by atoms with Gasteiger partial charge in [0.2, 0.25) is 0 Å². The highest BCUT2D eigenvalue weighted by atomic mass is 16.5. The molecule has 112 valence electrons. The van der Waals surface area contributed by atoms with Crippen LogP contribution in [-0.4, -0.2) is 42.1 Å². The summed E-state index contributed by atoms with van der Waals surface area (Å²) < 4.78 is 5.16. The minimum Gasteiger partial charge on any atom is -0.479 e. The van der Waals surface area contributed by atoms with E-state index < -0.39 is 24.1 Å². The number of benzene rings is 1. The van der Waals surface area contributed by atoms with E-state index in [0.717, 1.165) is 0 Å². The first-order valence-corrected chi connectivity index (χ1v) is 6.52. The van der Waals surface area contributed by atoms with Crippen LogP contribution in [0.15, 0.2) is 24.3 Å². The third-order valence-electron chi connectivity index (χ3n) is 3.21. The standard InChI is InChI=1S/C14H16N2O5/c1-15-12(17)8-3-2-4-9(7-8)16-13(18)10-5-6-11(21-10)14(19)20/h2-4,7,10-11H,5-6H2,1H3,(H,15,17)(H,16,18)(H,19,20). The fourth-order valence-corrected chi connectivity index (χ4v) is 2.12. The maximum absolute atomic E-state index is 12.0. The molecule has 3 N–H and O–H groups in total. The summed E-state index contributed by atoms with van der Waals surface area (Å²) >= 11 is 0. The molecule has 2 unspecified atom stereocenters. The summed E-state index contributed by atoms with van der Waals surface area (Å²) in [5.41, 5.74) is 0.884. The molecule has 0 spiro atoms. The zero-order chi connectivity index (χ0) is 15.4. The van der Waals surface area contributed by atoms with Crippen molar-refractivity contribution in [2.45, 2.75) is 25.0 Å². The fraction of sp³-hybridized carbons (Fsp3) is 0.357. The van der Waals surface area contributed by atoms with Crippen LogP contribution in [0.2, 0.25) is 0 Å². The van der Waals surface area contributed by atoms with Crippen LogP contribution in [0.1, 0.15) is 23.2 Å². The van der Waals surface area contributed by atoms with Crippen LogP contribution in [0, 0.1) is 0 Å². The molecule has 0 radical (unpaired) electrons. The number of hydrogen-bond acceptors (Lipinski definition) is 4. The number of aliphatic carboxylic acids is 1. The summed E-state index contributed by atoms with van der Waals surface area (Å²) in [5, 5.41) is 13.9. The second-order valence-electron chi connectivity index (χ2n) is 4.68. The summed E-state index contributed by atoms with van der Waals surface area (Å²) in [4.78, 5) is 34.3. The Morgan fingerprint density at radius 1 is 1.24 bits per heavy atom. The van der Waals surface area contributed by atoms with Crippen LogP contribution in [0.25, 0.3) is 0 Å². The predicted octanol–water partition coefficient (Wildman–Crippen LogP) is 0.617. The van der Waals surface area contributed by atoms with E-state index in [-0.39, 0.29) is 5.91 Å². The molecule has 0 bridgehead atoms. The Morgan fingerprint density at radius 2 is 1.95 bits per heavy atom. The quantitative estimate of drug-likeness (QED) is 0.754. The molecule has 2 rings (SSSR count). The van der Waals surface area contributed by atoms with Gasteiger partial charge in [-0.2, -0.15) is 0 Å². The van der Waals surface area contributed by atoms with E-state index in [2.05, 4.69) is 10.6 Å². The van der Waals surface area contributed by atoms with Gasteiger partial charge in [-0.05, 0) is 31.0 Å². The molecule has 7 heteroatoms. The molecule has 7 nitrogen and oxygen atoms in total. The van der Waals surface area contributed by atoms with Crippen molar-refractivity contribution in [3.05, 3.63) is 29.8 Å². The minimum atomic E-state index is -1.06. The Balaban J connectivity index is 2.00. The third-order valence-corrected chi connectivity index (χ3v) is 3.21. The Kier molecular flexibility index (Phi) is 4.54. The molecule has 1 aliphatic heterocycles. The molecule has 0 aliphatic carbocycles. The highest BCUT2D eigenvalue weighted by molar-refractivity contribution is 5.98. The van der Waals surface area contributed by atoms with Gasteiger partial charge in [-0.1, -0.05) is 6.07 Å². The van der Waals surface area contributed by atoms with Crippen molar-refractivity contribution in [1.29, 1.82) is 0 Å². The molecule has 1 saturated heterocycles. The van der Waals surface area contributed by atoms with Crippen molar-refractivity contribution < 1.29 is 24.2 Å². The zero-order valence-corrected chi connectivity index (χ0v) is 11.5. The summed E-state index contributed by atoms with van der Waals surface area (Å²) in [6.45, 7) is 0. The van der Waals surface area contributed by atoms with Crippen molar-refractivity contribution in [3.8, 4) is 0 Å². The lowest BCUT2D eigenvalue weighted by Crippen LogP contribution is -2.30. The average Bonchev–Trinajstić information content (AvgIpc) is 2.97. The Bertz CT molecular complexity index is 572. The van der Waals surface area contributed by atoms with E-state index in [4.69, 9.17) is 9.84 Å². The second kappa shape index (κ2) is 6.36. The molecule has 21 heavy (non-hydrogen) atoms. The van der Waals surface area contributed by atoms with E-state index in [1.54, 1.807) is 24.3 Å². The van der Waals surface area contributed by atoms with Crippen molar-refractivity contribution in [2.75, 3.05) is 12.4 Å². The third kappa shape index (κ3) is 3.57. The molecule has 1 heterocycles. The fourth-order valence-electron chi connectivity index (χ4n) is 2.12. The van der Waals surface area contributed by atoms with Gasteiger partial charge in [-0.25, -0.2) is 4.79 Å². The first-order chi connectivity index (χ1) is 10.0. The largest absolute Gasteiger partial charge is 0.479 e. The van der Waals surface area contributed by atoms with Crippen LogP contribution in [0.4, 0.5) is 5.69 Å². The normalized spacial score (nSPS) is 20.8. The van der Waals surface area contributed by atoms with Crippen LogP contribution in [0.5, 0.6) is 0 Å². The van der Waals surface area contributed by atoms with E-state index in [1.807, 2.05) is 0 Å². The molecular formula is C14H16N2O5. The summed E-state index contributed by atoms with van der Waals surface area (Å²) in [6.07, 6.45) is -1.04. The van der Waals surface area contributed by atoms with Gasteiger partial charge in [0.05, 0.1) is 0 Å². The van der Waals surface area contributed by atoms with Crippen molar-refractivity contribution in [3.63, 3.8) is 0 Å². The zero-order valence-electron chi connectivity index (χ0n) is 11.5. The molecular weight excluding hydrogens is 276 g/mol. The highest BCUT2D eigenvalue weighted by Crippen LogP contribution is 2.21. The number of nitrogens with one attached hydrogen (secondary N) is 2. The number of anilines is 1. The van der Waals surface area contributed by atoms with Gasteiger partial charge in [-0.15, -0.1) is 0 Å². The maximum Gasteiger partial charge on any atom is 0.332 e. The molecule has 1 aromatic carbocycles. The number of carbonyl (C=O) groups is 3. The summed E-state index contributed by atoms with van der Waals surface area (Å²) in [7, 11) is 1.52. The smallest absolute Gasteiger partial charge is 0.332 e. The SMILES string of the molecule is CNC(=O)c1cccc(NC(=O)C2CCC(C(=O)O)O2)c1. The maximum atomic E-state index is 12.0. The topological polar surface area (TPSA) is 105 Å².